The molecule has 0 saturated carbocycles. The van der Waals surface area contributed by atoms with Crippen molar-refractivity contribution in [2.75, 3.05) is 6.61 Å². The number of H-pyrrole nitrogens is 1. The van der Waals surface area contributed by atoms with Crippen LogP contribution < -0.4 is 5.56 Å². The lowest BCUT2D eigenvalue weighted by molar-refractivity contribution is -0.145. The summed E-state index contributed by atoms with van der Waals surface area (Å²) >= 11 is 0. The standard InChI is InChI=1S/C20H28N2O3/c1-3-5-6-7-8-9-12-15(20(24)25-4-2)18-19(23)22-17-14-11-10-13-16(17)21-18/h10-11,13-15H,3-9,12H2,1-2H3,(H,22,23). The maximum absolute atomic E-state index is 12.4. The molecular formula is C20H28N2O3. The Balaban J connectivity index is 2.16. The fraction of sp³-hybridized carbons (Fsp3) is 0.550. The number of carbonyl (C=O) groups excluding carboxylic acids is 1. The third kappa shape index (κ3) is 5.41. The zero-order valence-electron chi connectivity index (χ0n) is 15.2. The SMILES string of the molecule is CCCCCCCCC(C(=O)OCC)c1nc2ccccc2[nH]c1=O. The number of ether oxygens (including phenoxy) is 1. The maximum Gasteiger partial charge on any atom is 0.315 e. The van der Waals surface area contributed by atoms with E-state index in [1.165, 1.54) is 19.3 Å². The van der Waals surface area contributed by atoms with E-state index < -0.39 is 5.92 Å². The van der Waals surface area contributed by atoms with E-state index in [-0.39, 0.29) is 17.2 Å². The highest BCUT2D eigenvalue weighted by atomic mass is 16.5. The second-order valence-corrected chi connectivity index (χ2v) is 6.33. The average molecular weight is 344 g/mol. The van der Waals surface area contributed by atoms with E-state index in [0.717, 1.165) is 19.3 Å². The van der Waals surface area contributed by atoms with Gasteiger partial charge in [-0.1, -0.05) is 57.6 Å². The minimum Gasteiger partial charge on any atom is -0.465 e. The minimum absolute atomic E-state index is 0.269. The van der Waals surface area contributed by atoms with Crippen molar-refractivity contribution >= 4 is 17.0 Å². The van der Waals surface area contributed by atoms with Crippen LogP contribution in [0.15, 0.2) is 29.1 Å². The first-order valence-corrected chi connectivity index (χ1v) is 9.33. The lowest BCUT2D eigenvalue weighted by atomic mass is 9.97. The molecule has 5 heteroatoms. The number of aromatic amines is 1. The van der Waals surface area contributed by atoms with Gasteiger partial charge in [0.1, 0.15) is 11.6 Å². The molecule has 1 unspecified atom stereocenters. The third-order valence-corrected chi connectivity index (χ3v) is 4.37. The van der Waals surface area contributed by atoms with Gasteiger partial charge in [0.15, 0.2) is 0 Å². The van der Waals surface area contributed by atoms with Crippen molar-refractivity contribution in [3.05, 3.63) is 40.3 Å². The Morgan fingerprint density at radius 3 is 2.60 bits per heavy atom. The number of carbonyl (C=O) groups is 1. The molecule has 0 bridgehead atoms. The first-order chi connectivity index (χ1) is 12.2. The molecule has 1 aromatic heterocycles. The molecule has 2 rings (SSSR count). The van der Waals surface area contributed by atoms with E-state index in [9.17, 15) is 9.59 Å². The Hall–Kier alpha value is -2.17. The summed E-state index contributed by atoms with van der Waals surface area (Å²) in [6.07, 6.45) is 7.37. The Morgan fingerprint density at radius 1 is 1.12 bits per heavy atom. The number of esters is 1. The molecule has 1 heterocycles. The average Bonchev–Trinajstić information content (AvgIpc) is 2.61. The smallest absolute Gasteiger partial charge is 0.315 e. The van der Waals surface area contributed by atoms with Crippen LogP contribution in [0.4, 0.5) is 0 Å². The predicted molar refractivity (Wildman–Crippen MR) is 99.7 cm³/mol. The number of fused-ring (bicyclic) bond motifs is 1. The quantitative estimate of drug-likeness (QED) is 0.514. The monoisotopic (exact) mass is 344 g/mol. The maximum atomic E-state index is 12.4. The molecule has 2 aromatic rings. The van der Waals surface area contributed by atoms with Crippen LogP contribution in [-0.4, -0.2) is 22.5 Å². The Labute approximate surface area is 148 Å². The molecule has 136 valence electrons. The van der Waals surface area contributed by atoms with E-state index in [1.54, 1.807) is 13.0 Å². The summed E-state index contributed by atoms with van der Waals surface area (Å²) in [7, 11) is 0. The van der Waals surface area contributed by atoms with Crippen molar-refractivity contribution in [3.8, 4) is 0 Å². The van der Waals surface area contributed by atoms with Gasteiger partial charge in [0.05, 0.1) is 17.6 Å². The van der Waals surface area contributed by atoms with Crippen LogP contribution in [0, 0.1) is 0 Å². The molecule has 25 heavy (non-hydrogen) atoms. The lowest BCUT2D eigenvalue weighted by Crippen LogP contribution is -2.25. The van der Waals surface area contributed by atoms with Gasteiger partial charge < -0.3 is 9.72 Å². The Morgan fingerprint density at radius 2 is 1.84 bits per heavy atom. The van der Waals surface area contributed by atoms with Gasteiger partial charge in [0.2, 0.25) is 0 Å². The number of nitrogens with zero attached hydrogens (tertiary/aromatic N) is 1. The summed E-state index contributed by atoms with van der Waals surface area (Å²) in [6.45, 7) is 4.27. The van der Waals surface area contributed by atoms with Crippen molar-refractivity contribution < 1.29 is 9.53 Å². The zero-order valence-corrected chi connectivity index (χ0v) is 15.2. The van der Waals surface area contributed by atoms with Crippen molar-refractivity contribution in [1.82, 2.24) is 9.97 Å². The van der Waals surface area contributed by atoms with Crippen LogP contribution in [0.25, 0.3) is 11.0 Å². The van der Waals surface area contributed by atoms with Crippen molar-refractivity contribution in [2.45, 2.75) is 64.7 Å². The van der Waals surface area contributed by atoms with Gasteiger partial charge in [-0.3, -0.25) is 9.59 Å². The van der Waals surface area contributed by atoms with E-state index in [1.807, 2.05) is 18.2 Å². The number of nitrogens with one attached hydrogen (secondary N) is 1. The van der Waals surface area contributed by atoms with Gasteiger partial charge in [-0.05, 0) is 25.5 Å². The number of hydrogen-bond donors (Lipinski definition) is 1. The Kier molecular flexibility index (Phi) is 7.64. The largest absolute Gasteiger partial charge is 0.465 e. The topological polar surface area (TPSA) is 72.0 Å². The van der Waals surface area contributed by atoms with E-state index in [0.29, 0.717) is 24.1 Å². The van der Waals surface area contributed by atoms with Crippen molar-refractivity contribution in [3.63, 3.8) is 0 Å². The van der Waals surface area contributed by atoms with Crippen LogP contribution in [0.5, 0.6) is 0 Å². The van der Waals surface area contributed by atoms with Crippen LogP contribution in [0.3, 0.4) is 0 Å². The molecule has 1 atom stereocenters. The van der Waals surface area contributed by atoms with Gasteiger partial charge in [-0.2, -0.15) is 0 Å². The molecule has 0 spiro atoms. The summed E-state index contributed by atoms with van der Waals surface area (Å²) in [4.78, 5) is 32.1. The van der Waals surface area contributed by atoms with Crippen molar-refractivity contribution in [1.29, 1.82) is 0 Å². The highest BCUT2D eigenvalue weighted by Crippen LogP contribution is 2.22. The summed E-state index contributed by atoms with van der Waals surface area (Å²) in [5.41, 5.74) is 1.33. The normalized spacial score (nSPS) is 12.2. The molecule has 0 fully saturated rings. The number of aromatic nitrogens is 2. The van der Waals surface area contributed by atoms with E-state index >= 15 is 0 Å². The van der Waals surface area contributed by atoms with E-state index in [4.69, 9.17) is 4.74 Å². The van der Waals surface area contributed by atoms with E-state index in [2.05, 4.69) is 16.9 Å². The van der Waals surface area contributed by atoms with Gasteiger partial charge in [0, 0.05) is 0 Å². The fourth-order valence-corrected chi connectivity index (χ4v) is 3.02. The summed E-state index contributed by atoms with van der Waals surface area (Å²) < 4.78 is 5.19. The molecule has 0 aliphatic heterocycles. The number of hydrogen-bond acceptors (Lipinski definition) is 4. The minimum atomic E-state index is -0.598. The summed E-state index contributed by atoms with van der Waals surface area (Å²) in [5.74, 6) is -0.955. The number of unbranched alkanes of at least 4 members (excludes halogenated alkanes) is 5. The lowest BCUT2D eigenvalue weighted by Gasteiger charge is -2.15. The molecule has 0 radical (unpaired) electrons. The Bertz CT molecular complexity index is 739. The summed E-state index contributed by atoms with van der Waals surface area (Å²) in [6, 6.07) is 7.35. The molecule has 0 amide bonds. The molecular weight excluding hydrogens is 316 g/mol. The molecule has 0 saturated heterocycles. The van der Waals surface area contributed by atoms with Gasteiger partial charge in [0.25, 0.3) is 5.56 Å². The summed E-state index contributed by atoms with van der Waals surface area (Å²) in [5, 5.41) is 0. The second kappa shape index (κ2) is 9.97. The number of benzene rings is 1. The third-order valence-electron chi connectivity index (χ3n) is 4.37. The van der Waals surface area contributed by atoms with Crippen LogP contribution >= 0.6 is 0 Å². The van der Waals surface area contributed by atoms with Crippen LogP contribution in [0.2, 0.25) is 0 Å². The second-order valence-electron chi connectivity index (χ2n) is 6.33. The van der Waals surface area contributed by atoms with Gasteiger partial charge >= 0.3 is 5.97 Å². The fourth-order valence-electron chi connectivity index (χ4n) is 3.02. The van der Waals surface area contributed by atoms with Gasteiger partial charge in [-0.25, -0.2) is 4.98 Å². The highest BCUT2D eigenvalue weighted by Gasteiger charge is 2.26. The molecule has 1 N–H and O–H groups in total. The first-order valence-electron chi connectivity index (χ1n) is 9.33. The first kappa shape index (κ1) is 19.2. The predicted octanol–water partition coefficient (Wildman–Crippen LogP) is 4.32. The zero-order chi connectivity index (χ0) is 18.1. The molecule has 0 aliphatic carbocycles. The van der Waals surface area contributed by atoms with Crippen LogP contribution in [-0.2, 0) is 9.53 Å². The van der Waals surface area contributed by atoms with Gasteiger partial charge in [-0.15, -0.1) is 0 Å². The molecule has 5 nitrogen and oxygen atoms in total. The number of para-hydroxylation sites is 2. The number of rotatable bonds is 10. The molecule has 0 aliphatic rings. The molecule has 1 aromatic carbocycles. The van der Waals surface area contributed by atoms with Crippen LogP contribution in [0.1, 0.15) is 70.4 Å². The highest BCUT2D eigenvalue weighted by molar-refractivity contribution is 5.79. The van der Waals surface area contributed by atoms with Crippen molar-refractivity contribution in [2.24, 2.45) is 0 Å².